The van der Waals surface area contributed by atoms with E-state index in [1.807, 2.05) is 0 Å². The molecule has 0 radical (unpaired) electrons. The zero-order chi connectivity index (χ0) is 68.1. The molecular weight excluding hydrogens is 1230 g/mol. The third-order valence-electron chi connectivity index (χ3n) is 17.2. The van der Waals surface area contributed by atoms with Gasteiger partial charge in [0.15, 0.2) is 0 Å². The topological polar surface area (TPSA) is 78.9 Å². The number of anilines is 1. The summed E-state index contributed by atoms with van der Waals surface area (Å²) in [5.41, 5.74) is 38.2. The van der Waals surface area contributed by atoms with Crippen LogP contribution >= 0.6 is 0 Å². The van der Waals surface area contributed by atoms with Gasteiger partial charge in [0.2, 0.25) is 0 Å². The van der Waals surface area contributed by atoms with Crippen molar-refractivity contribution in [2.45, 2.75) is 200 Å². The molecule has 6 aromatic carbocycles. The van der Waals surface area contributed by atoms with Crippen LogP contribution in [0, 0.1) is 156 Å². The third-order valence-corrected chi connectivity index (χ3v) is 17.2. The van der Waals surface area contributed by atoms with Crippen molar-refractivity contribution in [3.8, 4) is 67.2 Å². The van der Waals surface area contributed by atoms with Gasteiger partial charge in [0.05, 0.1) is 5.69 Å². The molecule has 0 amide bonds. The summed E-state index contributed by atoms with van der Waals surface area (Å²) in [6, 6.07) is 40.4. The van der Waals surface area contributed by atoms with Gasteiger partial charge < -0.3 is 40.8 Å². The molecule has 0 aliphatic rings. The largest absolute Gasteiger partial charge is 4.00 e. The molecule has 0 aliphatic carbocycles. The Hall–Kier alpha value is -6.95. The number of pyridine rings is 3. The maximum absolute atomic E-state index is 5.05. The maximum Gasteiger partial charge on any atom is 4.00 e. The zero-order valence-electron chi connectivity index (χ0n) is 64.2. The zero-order valence-corrected chi connectivity index (χ0v) is 66.6. The van der Waals surface area contributed by atoms with E-state index in [9.17, 15) is 0 Å². The molecule has 3 heterocycles. The van der Waals surface area contributed by atoms with E-state index in [1.54, 1.807) is 0 Å². The molecule has 9 rings (SSSR count). The van der Waals surface area contributed by atoms with Crippen LogP contribution in [0.15, 0.2) is 109 Å². The number of nitrogens with one attached hydrogen (secondary N) is 1. The Morgan fingerprint density at radius 2 is 0.505 bits per heavy atom. The van der Waals surface area contributed by atoms with Gasteiger partial charge in [-0.1, -0.05) is 217 Å². The molecule has 6 nitrogen and oxygen atoms in total. The van der Waals surface area contributed by atoms with E-state index < -0.39 is 0 Å². The first kappa shape index (κ1) is 80.5. The monoisotopic (exact) mass is 1350 g/mol. The van der Waals surface area contributed by atoms with Crippen molar-refractivity contribution in [3.63, 3.8) is 0 Å². The Labute approximate surface area is 597 Å². The van der Waals surface area contributed by atoms with Crippen LogP contribution < -0.4 is 5.32 Å². The van der Waals surface area contributed by atoms with Crippen LogP contribution in [0.5, 0.6) is 0 Å². The van der Waals surface area contributed by atoms with Gasteiger partial charge in [0.25, 0.3) is 0 Å². The van der Waals surface area contributed by atoms with E-state index in [4.69, 9.17) is 25.6 Å². The van der Waals surface area contributed by atoms with Crippen molar-refractivity contribution in [2.75, 3.05) is 25.0 Å². The first-order chi connectivity index (χ1) is 42.8. The Balaban J connectivity index is 0.000000299. The quantitative estimate of drug-likeness (QED) is 0.110. The minimum Gasteiger partial charge on any atom is -0.466 e. The maximum atomic E-state index is 5.05. The number of hydrogen-bond acceptors (Lipinski definition) is 4. The van der Waals surface area contributed by atoms with E-state index >= 15 is 0 Å². The molecule has 7 heteroatoms. The van der Waals surface area contributed by atoms with Gasteiger partial charge in [-0.15, -0.1) is 0 Å². The van der Waals surface area contributed by atoms with Crippen LogP contribution in [-0.4, -0.2) is 34.6 Å². The van der Waals surface area contributed by atoms with Crippen LogP contribution in [0.4, 0.5) is 17.5 Å². The van der Waals surface area contributed by atoms with Gasteiger partial charge in [0, 0.05) is 12.1 Å². The molecule has 0 saturated carbocycles. The van der Waals surface area contributed by atoms with Gasteiger partial charge in [-0.05, 0) is 289 Å². The summed E-state index contributed by atoms with van der Waals surface area (Å²) in [5, 5.41) is 13.4. The Morgan fingerprint density at radius 1 is 0.284 bits per heavy atom. The smallest absolute Gasteiger partial charge is 0.466 e. The number of rotatable bonds is 14. The fourth-order valence-corrected chi connectivity index (χ4v) is 13.7. The van der Waals surface area contributed by atoms with Crippen molar-refractivity contribution in [3.05, 3.63) is 235 Å². The van der Waals surface area contributed by atoms with Crippen LogP contribution in [0.2, 0.25) is 0 Å². The second-order valence-corrected chi connectivity index (χ2v) is 30.8. The van der Waals surface area contributed by atoms with Crippen LogP contribution in [0.1, 0.15) is 175 Å². The van der Waals surface area contributed by atoms with Gasteiger partial charge in [-0.25, -0.2) is 4.98 Å². The number of aromatic nitrogens is 3. The van der Waals surface area contributed by atoms with E-state index in [0.717, 1.165) is 67.0 Å². The third kappa shape index (κ3) is 22.0. The summed E-state index contributed by atoms with van der Waals surface area (Å²) in [6.07, 6.45) is 2.08. The summed E-state index contributed by atoms with van der Waals surface area (Å²) >= 11 is 0. The van der Waals surface area contributed by atoms with Crippen molar-refractivity contribution in [1.29, 1.82) is 0 Å². The molecule has 502 valence electrons. The summed E-state index contributed by atoms with van der Waals surface area (Å²) in [7, 11) is 0. The van der Waals surface area contributed by atoms with Crippen LogP contribution in [0.3, 0.4) is 0 Å². The molecule has 0 fully saturated rings. The van der Waals surface area contributed by atoms with Crippen molar-refractivity contribution in [2.24, 2.45) is 16.2 Å². The first-order valence-electron chi connectivity index (χ1n) is 33.5. The molecule has 3 aromatic heterocycles. The minimum absolute atomic E-state index is 0. The normalized spacial score (nSPS) is 11.3. The molecule has 1 N–H and O–H groups in total. The predicted molar refractivity (Wildman–Crippen MR) is 415 cm³/mol. The molecule has 0 saturated heterocycles. The summed E-state index contributed by atoms with van der Waals surface area (Å²) < 4.78 is 0. The average molecular weight is 1350 g/mol. The fraction of sp³-hybridized carbons (Fsp3) is 0.398. The van der Waals surface area contributed by atoms with Crippen LogP contribution in [0.25, 0.3) is 77.8 Å². The Bertz CT molecular complexity index is 3590. The number of nitrogens with zero attached hydrogens (tertiary/aromatic N) is 5. The standard InChI is InChI=1S/2C29H37N2.C28H36N2.2CH3.Zr/c2*1-18-12-20(3)27(21(4)13-18)24-16-25(28-22(5)14-19(2)15-23(28)6)31-26(17-24)30-11-10-29(7,8)9;1-17-10-19(3)26(20(4)11-17)23-14-24(27-21(5)12-18(2)13-22(27)6)30-25(15-23)29-16-28(7,8)9;;;/h2*12-17H,10-11H2,1-9H3;10-15H,16H2,1-9H3,(H,29,30);2*1H3;/q2*-1;;2*-1;+4. The summed E-state index contributed by atoms with van der Waals surface area (Å²) in [6.45, 7) is 62.0. The molecule has 9 aromatic rings. The Kier molecular flexibility index (Phi) is 28.2. The second-order valence-electron chi connectivity index (χ2n) is 30.8. The van der Waals surface area contributed by atoms with Crippen molar-refractivity contribution < 1.29 is 26.2 Å². The number of benzene rings is 6. The van der Waals surface area contributed by atoms with Gasteiger partial charge >= 0.3 is 26.2 Å². The molecule has 0 unspecified atom stereocenters. The molecule has 0 spiro atoms. The van der Waals surface area contributed by atoms with E-state index in [-0.39, 0.29) is 57.3 Å². The van der Waals surface area contributed by atoms with Crippen molar-refractivity contribution in [1.82, 2.24) is 15.0 Å². The molecule has 0 atom stereocenters. The first-order valence-corrected chi connectivity index (χ1v) is 33.5. The van der Waals surface area contributed by atoms with E-state index in [1.165, 1.54) is 150 Å². The predicted octanol–water partition coefficient (Wildman–Crippen LogP) is 26.0. The number of aryl methyl sites for hydroxylation is 18. The second kappa shape index (κ2) is 33.3. The fourth-order valence-electron chi connectivity index (χ4n) is 13.7. The summed E-state index contributed by atoms with van der Waals surface area (Å²) in [5.74, 6) is 2.60. The van der Waals surface area contributed by atoms with Gasteiger partial charge in [-0.2, -0.15) is 0 Å². The van der Waals surface area contributed by atoms with Crippen LogP contribution in [-0.2, 0) is 26.2 Å². The van der Waals surface area contributed by atoms with Gasteiger partial charge in [-0.3, -0.25) is 0 Å². The van der Waals surface area contributed by atoms with Crippen molar-refractivity contribution >= 4 is 17.5 Å². The SMILES string of the molecule is Cc1cc(C)c(-c2cc(NCC(C)(C)C)nc(-c3c(C)cc(C)cc3C)c2)c(C)c1.Cc1cc(C)c(-c2cc([N-]CCC(C)(C)C)nc(-c3c(C)cc(C)cc3C)c2)c(C)c1.Cc1cc(C)c(-c2cc([N-]CCC(C)(C)C)nc(-c3c(C)cc(C)cc3C)c2)c(C)c1.[CH3-].[CH3-].[Zr+4]. The number of hydrogen-bond donors (Lipinski definition) is 1. The summed E-state index contributed by atoms with van der Waals surface area (Å²) in [4.78, 5) is 15.1. The average Bonchev–Trinajstić information content (AvgIpc) is 0.797. The Morgan fingerprint density at radius 3 is 0.737 bits per heavy atom. The molecule has 0 aliphatic heterocycles. The molecule has 95 heavy (non-hydrogen) atoms. The minimum atomic E-state index is 0. The van der Waals surface area contributed by atoms with E-state index in [0.29, 0.717) is 0 Å². The van der Waals surface area contributed by atoms with E-state index in [2.05, 4.69) is 301 Å². The van der Waals surface area contributed by atoms with Gasteiger partial charge in [0.1, 0.15) is 5.82 Å². The molecular formula is C88H116N6Zr. The molecule has 0 bridgehead atoms.